The molecule has 0 N–H and O–H groups in total. The van der Waals surface area contributed by atoms with Crippen molar-refractivity contribution in [3.8, 4) is 11.4 Å². The van der Waals surface area contributed by atoms with Gasteiger partial charge in [0.2, 0.25) is 12.2 Å². The smallest absolute Gasteiger partial charge is 0.214 e. The molecule has 0 bridgehead atoms. The zero-order valence-corrected chi connectivity index (χ0v) is 10.1. The molecule has 66 valence electrons. The van der Waals surface area contributed by atoms with Crippen molar-refractivity contribution in [3.63, 3.8) is 0 Å². The Balaban J connectivity index is 2.53. The molecule has 0 saturated heterocycles. The Kier molecular flexibility index (Phi) is 2.63. The summed E-state index contributed by atoms with van der Waals surface area (Å²) in [6.07, 6.45) is 1.32. The number of halogens is 2. The van der Waals surface area contributed by atoms with Crippen molar-refractivity contribution >= 4 is 38.5 Å². The van der Waals surface area contributed by atoms with Crippen LogP contribution in [0.15, 0.2) is 33.6 Å². The largest absolute Gasteiger partial charge is 0.342 e. The van der Waals surface area contributed by atoms with Gasteiger partial charge in [0.05, 0.1) is 0 Å². The summed E-state index contributed by atoms with van der Waals surface area (Å²) < 4.78 is 6.81. The Bertz CT molecular complexity index is 416. The Morgan fingerprint density at radius 3 is 2.85 bits per heavy atom. The zero-order chi connectivity index (χ0) is 9.26. The van der Waals surface area contributed by atoms with E-state index in [0.29, 0.717) is 5.82 Å². The normalized spacial score (nSPS) is 10.3. The molecule has 1 aromatic carbocycles. The van der Waals surface area contributed by atoms with Gasteiger partial charge in [-0.25, -0.2) is 0 Å². The van der Waals surface area contributed by atoms with Crippen molar-refractivity contribution in [1.29, 1.82) is 0 Å². The first-order valence-corrected chi connectivity index (χ1v) is 5.36. The molecule has 0 aliphatic rings. The highest BCUT2D eigenvalue weighted by Gasteiger charge is 2.07. The summed E-state index contributed by atoms with van der Waals surface area (Å²) in [5, 5.41) is 3.76. The maximum atomic E-state index is 4.67. The summed E-state index contributed by atoms with van der Waals surface area (Å²) in [6.45, 7) is 0. The van der Waals surface area contributed by atoms with Gasteiger partial charge in [0.15, 0.2) is 0 Å². The number of hydrogen-bond acceptors (Lipinski definition) is 3. The highest BCUT2D eigenvalue weighted by Crippen LogP contribution is 2.26. The minimum Gasteiger partial charge on any atom is -0.342 e. The van der Waals surface area contributed by atoms with Gasteiger partial charge >= 0.3 is 0 Å². The Morgan fingerprint density at radius 2 is 2.23 bits per heavy atom. The molecular formula is C8H4BrIN2O. The van der Waals surface area contributed by atoms with Crippen LogP contribution in [0.1, 0.15) is 0 Å². The Hall–Kier alpha value is -0.430. The molecule has 0 unspecified atom stereocenters. The molecule has 2 rings (SSSR count). The third-order valence-electron chi connectivity index (χ3n) is 1.53. The molecule has 1 heterocycles. The molecule has 1 aromatic heterocycles. The van der Waals surface area contributed by atoms with Crippen LogP contribution in [0, 0.1) is 3.57 Å². The lowest BCUT2D eigenvalue weighted by Gasteiger charge is -1.98. The molecule has 13 heavy (non-hydrogen) atoms. The highest BCUT2D eigenvalue weighted by atomic mass is 127. The first-order chi connectivity index (χ1) is 6.27. The predicted molar refractivity (Wildman–Crippen MR) is 60.2 cm³/mol. The van der Waals surface area contributed by atoms with E-state index >= 15 is 0 Å². The third-order valence-corrected chi connectivity index (χ3v) is 2.86. The van der Waals surface area contributed by atoms with Crippen LogP contribution in [0.2, 0.25) is 0 Å². The van der Waals surface area contributed by atoms with E-state index in [-0.39, 0.29) is 0 Å². The van der Waals surface area contributed by atoms with Crippen LogP contribution in [0.5, 0.6) is 0 Å². The molecule has 0 amide bonds. The fourth-order valence-corrected chi connectivity index (χ4v) is 2.44. The van der Waals surface area contributed by atoms with Crippen molar-refractivity contribution in [1.82, 2.24) is 10.1 Å². The van der Waals surface area contributed by atoms with E-state index in [9.17, 15) is 0 Å². The summed E-state index contributed by atoms with van der Waals surface area (Å²) >= 11 is 5.69. The van der Waals surface area contributed by atoms with Crippen molar-refractivity contribution in [3.05, 3.63) is 32.6 Å². The van der Waals surface area contributed by atoms with Gasteiger partial charge in [-0.3, -0.25) is 0 Å². The van der Waals surface area contributed by atoms with Crippen LogP contribution < -0.4 is 0 Å². The zero-order valence-electron chi connectivity index (χ0n) is 6.37. The van der Waals surface area contributed by atoms with Gasteiger partial charge in [-0.2, -0.15) is 4.98 Å². The maximum Gasteiger partial charge on any atom is 0.214 e. The molecule has 2 aromatic rings. The van der Waals surface area contributed by atoms with E-state index < -0.39 is 0 Å². The summed E-state index contributed by atoms with van der Waals surface area (Å²) in [5.41, 5.74) is 0.939. The van der Waals surface area contributed by atoms with E-state index in [2.05, 4.69) is 53.2 Å². The van der Waals surface area contributed by atoms with E-state index in [1.807, 2.05) is 18.2 Å². The lowest BCUT2D eigenvalue weighted by atomic mass is 10.2. The lowest BCUT2D eigenvalue weighted by Crippen LogP contribution is -1.82. The molecule has 5 heteroatoms. The average Bonchev–Trinajstić information content (AvgIpc) is 2.56. The minimum absolute atomic E-state index is 0.600. The van der Waals surface area contributed by atoms with E-state index in [1.54, 1.807) is 0 Å². The van der Waals surface area contributed by atoms with Crippen LogP contribution in [0.3, 0.4) is 0 Å². The van der Waals surface area contributed by atoms with Gasteiger partial charge < -0.3 is 4.52 Å². The van der Waals surface area contributed by atoms with Crippen molar-refractivity contribution in [2.24, 2.45) is 0 Å². The molecule has 0 aliphatic carbocycles. The van der Waals surface area contributed by atoms with Crippen LogP contribution in [0.4, 0.5) is 0 Å². The van der Waals surface area contributed by atoms with Crippen LogP contribution in [0.25, 0.3) is 11.4 Å². The number of aromatic nitrogens is 2. The number of nitrogens with zero attached hydrogens (tertiary/aromatic N) is 2. The Labute approximate surface area is 96.8 Å². The van der Waals surface area contributed by atoms with E-state index in [0.717, 1.165) is 13.6 Å². The SMILES string of the molecule is Brc1cc(I)ccc1-c1ncon1. The molecule has 0 aliphatic heterocycles. The summed E-state index contributed by atoms with van der Waals surface area (Å²) in [5.74, 6) is 0.600. The monoisotopic (exact) mass is 350 g/mol. The number of hydrogen-bond donors (Lipinski definition) is 0. The summed E-state index contributed by atoms with van der Waals surface area (Å²) in [4.78, 5) is 3.97. The molecule has 0 radical (unpaired) electrons. The fraction of sp³-hybridized carbons (Fsp3) is 0. The van der Waals surface area contributed by atoms with Gasteiger partial charge in [-0.1, -0.05) is 5.16 Å². The summed E-state index contributed by atoms with van der Waals surface area (Å²) in [6, 6.07) is 5.96. The standard InChI is InChI=1S/C8H4BrIN2O/c9-7-3-5(10)1-2-6(7)8-11-4-13-12-8/h1-4H. The van der Waals surface area contributed by atoms with Gasteiger partial charge in [0.25, 0.3) is 0 Å². The molecule has 0 atom stereocenters. The molecule has 0 spiro atoms. The lowest BCUT2D eigenvalue weighted by molar-refractivity contribution is 0.418. The molecule has 0 saturated carbocycles. The van der Waals surface area contributed by atoms with Gasteiger partial charge in [0.1, 0.15) is 0 Å². The van der Waals surface area contributed by atoms with E-state index in [1.165, 1.54) is 6.39 Å². The van der Waals surface area contributed by atoms with Crippen LogP contribution in [-0.4, -0.2) is 10.1 Å². The molecular weight excluding hydrogens is 347 g/mol. The van der Waals surface area contributed by atoms with Gasteiger partial charge in [-0.15, -0.1) is 0 Å². The highest BCUT2D eigenvalue weighted by molar-refractivity contribution is 14.1. The second kappa shape index (κ2) is 3.75. The predicted octanol–water partition coefficient (Wildman–Crippen LogP) is 3.10. The second-order valence-electron chi connectivity index (χ2n) is 2.38. The quantitative estimate of drug-likeness (QED) is 0.742. The first-order valence-electron chi connectivity index (χ1n) is 3.49. The van der Waals surface area contributed by atoms with Crippen LogP contribution in [-0.2, 0) is 0 Å². The van der Waals surface area contributed by atoms with Crippen LogP contribution >= 0.6 is 38.5 Å². The topological polar surface area (TPSA) is 38.9 Å². The minimum atomic E-state index is 0.600. The maximum absolute atomic E-state index is 4.67. The van der Waals surface area contributed by atoms with Gasteiger partial charge in [0, 0.05) is 13.6 Å². The average molecular weight is 351 g/mol. The van der Waals surface area contributed by atoms with E-state index in [4.69, 9.17) is 0 Å². The Morgan fingerprint density at radius 1 is 1.38 bits per heavy atom. The second-order valence-corrected chi connectivity index (χ2v) is 4.48. The van der Waals surface area contributed by atoms with Crippen molar-refractivity contribution < 1.29 is 4.52 Å². The molecule has 3 nitrogen and oxygen atoms in total. The van der Waals surface area contributed by atoms with Crippen molar-refractivity contribution in [2.75, 3.05) is 0 Å². The number of benzene rings is 1. The molecule has 0 fully saturated rings. The van der Waals surface area contributed by atoms with Crippen molar-refractivity contribution in [2.45, 2.75) is 0 Å². The fourth-order valence-electron chi connectivity index (χ4n) is 0.960. The number of rotatable bonds is 1. The van der Waals surface area contributed by atoms with Gasteiger partial charge in [-0.05, 0) is 56.7 Å². The first kappa shape index (κ1) is 9.14. The third kappa shape index (κ3) is 1.91. The summed E-state index contributed by atoms with van der Waals surface area (Å²) in [7, 11) is 0.